The van der Waals surface area contributed by atoms with E-state index in [2.05, 4.69) is 11.9 Å². The number of hydrogen-bond donors (Lipinski definition) is 2. The number of nitrogens with one attached hydrogen (secondary N) is 1. The van der Waals surface area contributed by atoms with E-state index in [9.17, 15) is 9.90 Å². The van der Waals surface area contributed by atoms with Crippen LogP contribution in [0, 0.1) is 0 Å². The molecule has 2 atom stereocenters. The van der Waals surface area contributed by atoms with Crippen molar-refractivity contribution in [3.05, 3.63) is 48.6 Å². The van der Waals surface area contributed by atoms with Gasteiger partial charge in [0, 0.05) is 0 Å². The molecule has 1 aromatic carbocycles. The van der Waals surface area contributed by atoms with Gasteiger partial charge in [0.2, 0.25) is 0 Å². The average Bonchev–Trinajstić information content (AvgIpc) is 2.36. The molecular weight excluding hydrogens is 254 g/mol. The summed E-state index contributed by atoms with van der Waals surface area (Å²) in [4.78, 5) is 11.8. The van der Waals surface area contributed by atoms with Crippen LogP contribution >= 0.6 is 0 Å². The van der Waals surface area contributed by atoms with Crippen molar-refractivity contribution in [2.24, 2.45) is 0 Å². The first-order valence-corrected chi connectivity index (χ1v) is 6.66. The standard InChI is InChI=1S/C16H23NO3/c1-5-14(18)13(11-12-9-7-6-8-10-12)17-15(19)20-16(2,3)4/h5-10,13-14,18H,1,11H2,2-4H3,(H,17,19)/t13-,14+/m1/s1. The quantitative estimate of drug-likeness (QED) is 0.813. The molecule has 4 heteroatoms. The second-order valence-electron chi connectivity index (χ2n) is 5.67. The Hall–Kier alpha value is -1.81. The van der Waals surface area contributed by atoms with Crippen LogP contribution in [-0.2, 0) is 11.2 Å². The summed E-state index contributed by atoms with van der Waals surface area (Å²) in [6.45, 7) is 8.95. The summed E-state index contributed by atoms with van der Waals surface area (Å²) in [7, 11) is 0. The number of benzene rings is 1. The summed E-state index contributed by atoms with van der Waals surface area (Å²) < 4.78 is 5.21. The fraction of sp³-hybridized carbons (Fsp3) is 0.438. The molecule has 0 aromatic heterocycles. The average molecular weight is 277 g/mol. The summed E-state index contributed by atoms with van der Waals surface area (Å²) in [6, 6.07) is 9.17. The zero-order valence-electron chi connectivity index (χ0n) is 12.3. The van der Waals surface area contributed by atoms with Gasteiger partial charge in [-0.05, 0) is 32.8 Å². The van der Waals surface area contributed by atoms with Crippen molar-refractivity contribution in [3.63, 3.8) is 0 Å². The summed E-state index contributed by atoms with van der Waals surface area (Å²) in [5.74, 6) is 0. The highest BCUT2D eigenvalue weighted by atomic mass is 16.6. The minimum absolute atomic E-state index is 0.468. The molecule has 0 fully saturated rings. The van der Waals surface area contributed by atoms with Crippen molar-refractivity contribution in [1.29, 1.82) is 0 Å². The molecule has 2 N–H and O–H groups in total. The molecule has 0 aliphatic heterocycles. The predicted octanol–water partition coefficient (Wildman–Crippen LogP) is 2.67. The van der Waals surface area contributed by atoms with E-state index in [1.54, 1.807) is 20.8 Å². The number of aliphatic hydroxyl groups is 1. The van der Waals surface area contributed by atoms with Crippen molar-refractivity contribution < 1.29 is 14.6 Å². The highest BCUT2D eigenvalue weighted by Crippen LogP contribution is 2.10. The second kappa shape index (κ2) is 7.10. The Labute approximate surface area is 120 Å². The van der Waals surface area contributed by atoms with Gasteiger partial charge in [-0.1, -0.05) is 36.4 Å². The number of rotatable bonds is 5. The maximum absolute atomic E-state index is 11.8. The minimum atomic E-state index is -0.831. The van der Waals surface area contributed by atoms with E-state index in [4.69, 9.17) is 4.74 Å². The van der Waals surface area contributed by atoms with Gasteiger partial charge >= 0.3 is 6.09 Å². The number of aliphatic hydroxyl groups excluding tert-OH is 1. The third-order valence-corrected chi connectivity index (χ3v) is 2.65. The smallest absolute Gasteiger partial charge is 0.407 e. The van der Waals surface area contributed by atoms with Crippen molar-refractivity contribution in [2.75, 3.05) is 0 Å². The van der Waals surface area contributed by atoms with Gasteiger partial charge in [0.05, 0.1) is 12.1 Å². The van der Waals surface area contributed by atoms with Gasteiger partial charge in [-0.15, -0.1) is 6.58 Å². The molecule has 20 heavy (non-hydrogen) atoms. The first-order chi connectivity index (χ1) is 9.31. The van der Waals surface area contributed by atoms with E-state index in [0.717, 1.165) is 5.56 Å². The molecule has 0 aliphatic rings. The molecule has 1 rings (SSSR count). The van der Waals surface area contributed by atoms with Crippen LogP contribution in [0.25, 0.3) is 0 Å². The summed E-state index contributed by atoms with van der Waals surface area (Å²) in [5, 5.41) is 12.6. The molecule has 1 amide bonds. The first kappa shape index (κ1) is 16.2. The van der Waals surface area contributed by atoms with Gasteiger partial charge in [0.1, 0.15) is 5.60 Å². The van der Waals surface area contributed by atoms with Gasteiger partial charge in [-0.3, -0.25) is 0 Å². The molecule has 0 heterocycles. The number of hydrogen-bond acceptors (Lipinski definition) is 3. The van der Waals surface area contributed by atoms with Crippen molar-refractivity contribution in [1.82, 2.24) is 5.32 Å². The normalized spacial score (nSPS) is 14.2. The van der Waals surface area contributed by atoms with E-state index >= 15 is 0 Å². The number of carbonyl (C=O) groups is 1. The fourth-order valence-corrected chi connectivity index (χ4v) is 1.75. The monoisotopic (exact) mass is 277 g/mol. The first-order valence-electron chi connectivity index (χ1n) is 6.66. The molecule has 0 aliphatic carbocycles. The second-order valence-corrected chi connectivity index (χ2v) is 5.67. The minimum Gasteiger partial charge on any atom is -0.444 e. The molecular formula is C16H23NO3. The number of amides is 1. The molecule has 0 unspecified atom stereocenters. The summed E-state index contributed by atoms with van der Waals surface area (Å²) in [5.41, 5.74) is 0.454. The van der Waals surface area contributed by atoms with Crippen LogP contribution in [0.5, 0.6) is 0 Å². The Morgan fingerprint density at radius 1 is 1.40 bits per heavy atom. The van der Waals surface area contributed by atoms with Crippen LogP contribution in [0.1, 0.15) is 26.3 Å². The van der Waals surface area contributed by atoms with E-state index in [1.165, 1.54) is 6.08 Å². The Morgan fingerprint density at radius 2 is 2.00 bits per heavy atom. The molecule has 0 radical (unpaired) electrons. The Kier molecular flexibility index (Phi) is 5.77. The van der Waals surface area contributed by atoms with Crippen molar-refractivity contribution >= 4 is 6.09 Å². The molecule has 0 saturated heterocycles. The van der Waals surface area contributed by atoms with E-state index in [-0.39, 0.29) is 0 Å². The molecule has 110 valence electrons. The number of carbonyl (C=O) groups excluding carboxylic acids is 1. The third kappa shape index (κ3) is 5.89. The zero-order chi connectivity index (χ0) is 15.2. The van der Waals surface area contributed by atoms with Crippen LogP contribution in [0.15, 0.2) is 43.0 Å². The molecule has 1 aromatic rings. The Bertz CT molecular complexity index is 437. The maximum Gasteiger partial charge on any atom is 0.407 e. The SMILES string of the molecule is C=C[C@H](O)[C@@H](Cc1ccccc1)NC(=O)OC(C)(C)C. The van der Waals surface area contributed by atoms with Crippen LogP contribution in [0.3, 0.4) is 0 Å². The third-order valence-electron chi connectivity index (χ3n) is 2.65. The van der Waals surface area contributed by atoms with Crippen LogP contribution in [-0.4, -0.2) is 28.9 Å². The van der Waals surface area contributed by atoms with Crippen LogP contribution in [0.4, 0.5) is 4.79 Å². The lowest BCUT2D eigenvalue weighted by Crippen LogP contribution is -2.46. The van der Waals surface area contributed by atoms with Crippen molar-refractivity contribution in [3.8, 4) is 0 Å². The lowest BCUT2D eigenvalue weighted by Gasteiger charge is -2.25. The number of ether oxygens (including phenoxy) is 1. The summed E-state index contributed by atoms with van der Waals surface area (Å²) >= 11 is 0. The molecule has 0 bridgehead atoms. The van der Waals surface area contributed by atoms with E-state index in [0.29, 0.717) is 6.42 Å². The van der Waals surface area contributed by atoms with Gasteiger partial charge in [-0.25, -0.2) is 4.79 Å². The van der Waals surface area contributed by atoms with E-state index < -0.39 is 23.8 Å². The maximum atomic E-state index is 11.8. The topological polar surface area (TPSA) is 58.6 Å². The highest BCUT2D eigenvalue weighted by Gasteiger charge is 2.23. The van der Waals surface area contributed by atoms with Crippen LogP contribution < -0.4 is 5.32 Å². The van der Waals surface area contributed by atoms with E-state index in [1.807, 2.05) is 30.3 Å². The summed E-state index contributed by atoms with van der Waals surface area (Å²) in [6.07, 6.45) is 0.542. The zero-order valence-corrected chi connectivity index (χ0v) is 12.3. The van der Waals surface area contributed by atoms with Gasteiger partial charge in [0.25, 0.3) is 0 Å². The fourth-order valence-electron chi connectivity index (χ4n) is 1.75. The van der Waals surface area contributed by atoms with Gasteiger partial charge < -0.3 is 15.2 Å². The largest absolute Gasteiger partial charge is 0.444 e. The van der Waals surface area contributed by atoms with Crippen molar-refractivity contribution in [2.45, 2.75) is 44.9 Å². The molecule has 0 spiro atoms. The van der Waals surface area contributed by atoms with Gasteiger partial charge in [0.15, 0.2) is 0 Å². The lowest BCUT2D eigenvalue weighted by atomic mass is 10.0. The van der Waals surface area contributed by atoms with Gasteiger partial charge in [-0.2, -0.15) is 0 Å². The molecule has 0 saturated carbocycles. The molecule has 4 nitrogen and oxygen atoms in total. The number of alkyl carbamates (subject to hydrolysis) is 1. The van der Waals surface area contributed by atoms with Crippen LogP contribution in [0.2, 0.25) is 0 Å². The highest BCUT2D eigenvalue weighted by molar-refractivity contribution is 5.68. The Balaban J connectivity index is 2.70. The lowest BCUT2D eigenvalue weighted by molar-refractivity contribution is 0.0455. The Morgan fingerprint density at radius 3 is 2.50 bits per heavy atom. The predicted molar refractivity (Wildman–Crippen MR) is 79.5 cm³/mol.